The van der Waals surface area contributed by atoms with E-state index in [1.165, 1.54) is 4.31 Å². The Morgan fingerprint density at radius 3 is 2.36 bits per heavy atom. The van der Waals surface area contributed by atoms with Gasteiger partial charge in [0, 0.05) is 39.0 Å². The predicted molar refractivity (Wildman–Crippen MR) is 93.5 cm³/mol. The molecule has 134 valence electrons. The highest BCUT2D eigenvalue weighted by Gasteiger charge is 2.29. The standard InChI is InChI=1S/C18H22N2O4S/c1-15-4-7-17(8-5-15)25(22,23)20-12-10-19(11-13-20)18(21)9-6-16-3-2-14-24-16/h2-5,7-8,14H,6,9-13H2,1H3. The van der Waals surface area contributed by atoms with Gasteiger partial charge in [-0.1, -0.05) is 17.7 Å². The smallest absolute Gasteiger partial charge is 0.243 e. The molecule has 1 aromatic heterocycles. The minimum absolute atomic E-state index is 0.0313. The van der Waals surface area contributed by atoms with Gasteiger partial charge in [0.05, 0.1) is 11.2 Å². The van der Waals surface area contributed by atoms with Crippen LogP contribution >= 0.6 is 0 Å². The molecule has 1 amide bonds. The molecule has 0 atom stereocenters. The van der Waals surface area contributed by atoms with Crippen molar-refractivity contribution in [2.24, 2.45) is 0 Å². The van der Waals surface area contributed by atoms with E-state index in [4.69, 9.17) is 4.42 Å². The van der Waals surface area contributed by atoms with Crippen LogP contribution < -0.4 is 0 Å². The van der Waals surface area contributed by atoms with Gasteiger partial charge in [0.15, 0.2) is 0 Å². The lowest BCUT2D eigenvalue weighted by Gasteiger charge is -2.34. The third kappa shape index (κ3) is 4.11. The second-order valence-corrected chi connectivity index (χ2v) is 8.12. The molecule has 1 fully saturated rings. The van der Waals surface area contributed by atoms with Crippen molar-refractivity contribution in [2.45, 2.75) is 24.7 Å². The van der Waals surface area contributed by atoms with Crippen LogP contribution in [0.1, 0.15) is 17.7 Å². The van der Waals surface area contributed by atoms with Crippen LogP contribution in [0.2, 0.25) is 0 Å². The second kappa shape index (κ2) is 7.41. The zero-order valence-corrected chi connectivity index (χ0v) is 15.0. The van der Waals surface area contributed by atoms with E-state index in [0.717, 1.165) is 11.3 Å². The minimum atomic E-state index is -3.50. The third-order valence-corrected chi connectivity index (χ3v) is 6.33. The first-order chi connectivity index (χ1) is 12.0. The van der Waals surface area contributed by atoms with E-state index in [1.807, 2.05) is 13.0 Å². The van der Waals surface area contributed by atoms with Gasteiger partial charge in [-0.05, 0) is 31.2 Å². The van der Waals surface area contributed by atoms with Gasteiger partial charge in [0.25, 0.3) is 0 Å². The maximum Gasteiger partial charge on any atom is 0.243 e. The SMILES string of the molecule is Cc1ccc(S(=O)(=O)N2CCN(C(=O)CCc3ccco3)CC2)cc1. The summed E-state index contributed by atoms with van der Waals surface area (Å²) in [4.78, 5) is 14.3. The highest BCUT2D eigenvalue weighted by Crippen LogP contribution is 2.18. The molecule has 0 saturated carbocycles. The van der Waals surface area contributed by atoms with Crippen molar-refractivity contribution >= 4 is 15.9 Å². The van der Waals surface area contributed by atoms with E-state index in [9.17, 15) is 13.2 Å². The zero-order valence-electron chi connectivity index (χ0n) is 14.2. The van der Waals surface area contributed by atoms with Crippen molar-refractivity contribution in [3.8, 4) is 0 Å². The molecule has 7 heteroatoms. The number of amides is 1. The van der Waals surface area contributed by atoms with E-state index in [-0.39, 0.29) is 5.91 Å². The van der Waals surface area contributed by atoms with Gasteiger partial charge >= 0.3 is 0 Å². The molecule has 25 heavy (non-hydrogen) atoms. The summed E-state index contributed by atoms with van der Waals surface area (Å²) in [5, 5.41) is 0. The molecule has 0 radical (unpaired) electrons. The molecule has 0 bridgehead atoms. The molecule has 2 heterocycles. The van der Waals surface area contributed by atoms with Crippen molar-refractivity contribution in [3.63, 3.8) is 0 Å². The molecule has 6 nitrogen and oxygen atoms in total. The predicted octanol–water partition coefficient (Wildman–Crippen LogP) is 2.05. The van der Waals surface area contributed by atoms with Gasteiger partial charge in [0.2, 0.25) is 15.9 Å². The molecular weight excluding hydrogens is 340 g/mol. The summed E-state index contributed by atoms with van der Waals surface area (Å²) in [7, 11) is -3.50. The third-order valence-electron chi connectivity index (χ3n) is 4.42. The minimum Gasteiger partial charge on any atom is -0.469 e. The second-order valence-electron chi connectivity index (χ2n) is 6.18. The maximum absolute atomic E-state index is 12.7. The number of hydrogen-bond acceptors (Lipinski definition) is 4. The number of rotatable bonds is 5. The van der Waals surface area contributed by atoms with Crippen molar-refractivity contribution in [1.29, 1.82) is 0 Å². The summed E-state index contributed by atoms with van der Waals surface area (Å²) in [6, 6.07) is 10.5. The maximum atomic E-state index is 12.7. The average Bonchev–Trinajstić information content (AvgIpc) is 3.14. The molecular formula is C18H22N2O4S. The van der Waals surface area contributed by atoms with Crippen molar-refractivity contribution in [1.82, 2.24) is 9.21 Å². The molecule has 1 aliphatic heterocycles. The molecule has 1 saturated heterocycles. The molecule has 0 spiro atoms. The normalized spacial score (nSPS) is 16.1. The topological polar surface area (TPSA) is 70.8 Å². The van der Waals surface area contributed by atoms with E-state index in [0.29, 0.717) is 43.9 Å². The van der Waals surface area contributed by atoms with Crippen molar-refractivity contribution in [2.75, 3.05) is 26.2 Å². The lowest BCUT2D eigenvalue weighted by Crippen LogP contribution is -2.50. The molecule has 1 aliphatic rings. The monoisotopic (exact) mass is 362 g/mol. The summed E-state index contributed by atoms with van der Waals surface area (Å²) >= 11 is 0. The van der Waals surface area contributed by atoms with E-state index < -0.39 is 10.0 Å². The number of furan rings is 1. The molecule has 0 unspecified atom stereocenters. The van der Waals surface area contributed by atoms with E-state index in [2.05, 4.69) is 0 Å². The average molecular weight is 362 g/mol. The first-order valence-electron chi connectivity index (χ1n) is 8.34. The summed E-state index contributed by atoms with van der Waals surface area (Å²) in [6.07, 6.45) is 2.53. The van der Waals surface area contributed by atoms with Crippen LogP contribution in [0.25, 0.3) is 0 Å². The molecule has 0 aliphatic carbocycles. The van der Waals surface area contributed by atoms with Crippen LogP contribution in [-0.2, 0) is 21.2 Å². The fourth-order valence-electron chi connectivity index (χ4n) is 2.88. The highest BCUT2D eigenvalue weighted by molar-refractivity contribution is 7.89. The lowest BCUT2D eigenvalue weighted by atomic mass is 10.2. The molecule has 3 rings (SSSR count). The fraction of sp³-hybridized carbons (Fsp3) is 0.389. The van der Waals surface area contributed by atoms with Crippen molar-refractivity contribution < 1.29 is 17.6 Å². The number of sulfonamides is 1. The Morgan fingerprint density at radius 2 is 1.76 bits per heavy atom. The number of carbonyl (C=O) groups is 1. The zero-order chi connectivity index (χ0) is 17.9. The number of carbonyl (C=O) groups excluding carboxylic acids is 1. The van der Waals surface area contributed by atoms with E-state index in [1.54, 1.807) is 41.5 Å². The van der Waals surface area contributed by atoms with Crippen LogP contribution in [0.5, 0.6) is 0 Å². The van der Waals surface area contributed by atoms with Gasteiger partial charge in [-0.25, -0.2) is 8.42 Å². The number of hydrogen-bond donors (Lipinski definition) is 0. The first kappa shape index (κ1) is 17.7. The largest absolute Gasteiger partial charge is 0.469 e. The Labute approximate surface area is 148 Å². The first-order valence-corrected chi connectivity index (χ1v) is 9.78. The van der Waals surface area contributed by atoms with Gasteiger partial charge < -0.3 is 9.32 Å². The number of aryl methyl sites for hydroxylation is 2. The highest BCUT2D eigenvalue weighted by atomic mass is 32.2. The molecule has 1 aromatic carbocycles. The Balaban J connectivity index is 1.55. The van der Waals surface area contributed by atoms with Gasteiger partial charge in [-0.2, -0.15) is 4.31 Å². The van der Waals surface area contributed by atoms with Gasteiger partial charge in [0.1, 0.15) is 5.76 Å². The van der Waals surface area contributed by atoms with Crippen LogP contribution in [-0.4, -0.2) is 49.7 Å². The number of nitrogens with zero attached hydrogens (tertiary/aromatic N) is 2. The van der Waals surface area contributed by atoms with E-state index >= 15 is 0 Å². The van der Waals surface area contributed by atoms with Crippen molar-refractivity contribution in [3.05, 3.63) is 54.0 Å². The number of benzene rings is 1. The summed E-state index contributed by atoms with van der Waals surface area (Å²) < 4.78 is 32.0. The summed E-state index contributed by atoms with van der Waals surface area (Å²) in [5.74, 6) is 0.817. The lowest BCUT2D eigenvalue weighted by molar-refractivity contribution is -0.132. The van der Waals surface area contributed by atoms with Gasteiger partial charge in [-0.3, -0.25) is 4.79 Å². The Hall–Kier alpha value is -2.12. The Bertz CT molecular complexity index is 805. The number of piperazine rings is 1. The van der Waals surface area contributed by atoms with Gasteiger partial charge in [-0.15, -0.1) is 0 Å². The quantitative estimate of drug-likeness (QED) is 0.816. The Morgan fingerprint density at radius 1 is 1.08 bits per heavy atom. The fourth-order valence-corrected chi connectivity index (χ4v) is 4.30. The summed E-state index contributed by atoms with van der Waals surface area (Å²) in [6.45, 7) is 3.40. The Kier molecular flexibility index (Phi) is 5.24. The van der Waals surface area contributed by atoms with Crippen LogP contribution in [0.15, 0.2) is 52.0 Å². The van der Waals surface area contributed by atoms with Crippen LogP contribution in [0.3, 0.4) is 0 Å². The molecule has 2 aromatic rings. The molecule has 0 N–H and O–H groups in total. The summed E-state index contributed by atoms with van der Waals surface area (Å²) in [5.41, 5.74) is 1.02. The van der Waals surface area contributed by atoms with Crippen LogP contribution in [0, 0.1) is 6.92 Å². The van der Waals surface area contributed by atoms with Crippen LogP contribution in [0.4, 0.5) is 0 Å².